The summed E-state index contributed by atoms with van der Waals surface area (Å²) in [5, 5.41) is 9.69. The van der Waals surface area contributed by atoms with E-state index in [1.165, 1.54) is 23.4 Å². The number of aliphatic hydroxyl groups excluding tert-OH is 1. The summed E-state index contributed by atoms with van der Waals surface area (Å²) in [5.74, 6) is 0. The molecule has 1 heterocycles. The molecule has 1 atom stereocenters. The second-order valence-corrected chi connectivity index (χ2v) is 5.05. The highest BCUT2D eigenvalue weighted by Crippen LogP contribution is 2.35. The van der Waals surface area contributed by atoms with E-state index in [4.69, 9.17) is 0 Å². The Hall–Kier alpha value is -0.740. The lowest BCUT2D eigenvalue weighted by molar-refractivity contribution is 0.192. The second kappa shape index (κ2) is 5.06. The van der Waals surface area contributed by atoms with E-state index in [1.807, 2.05) is 18.1 Å². The molecule has 0 aliphatic heterocycles. The van der Waals surface area contributed by atoms with E-state index in [9.17, 15) is 5.11 Å². The second-order valence-electron chi connectivity index (χ2n) is 4.15. The Labute approximate surface area is 101 Å². The molecule has 1 N–H and O–H groups in total. The largest absolute Gasteiger partial charge is 0.387 e. The fourth-order valence-corrected chi connectivity index (χ4v) is 2.96. The van der Waals surface area contributed by atoms with Crippen LogP contribution in [-0.4, -0.2) is 20.9 Å². The van der Waals surface area contributed by atoms with Crippen LogP contribution in [0.2, 0.25) is 0 Å². The molecule has 0 aromatic carbocycles. The van der Waals surface area contributed by atoms with Crippen molar-refractivity contribution in [2.45, 2.75) is 38.7 Å². The van der Waals surface area contributed by atoms with E-state index in [1.54, 1.807) is 13.1 Å². The number of hydrogen-bond donors (Lipinski definition) is 1. The van der Waals surface area contributed by atoms with Crippen LogP contribution in [0, 0.1) is 0 Å². The molecule has 0 amide bonds. The smallest absolute Gasteiger partial charge is 0.0992 e. The molecule has 0 saturated carbocycles. The van der Waals surface area contributed by atoms with Crippen LogP contribution in [-0.2, 0) is 0 Å². The average molecular weight is 238 g/mol. The third kappa shape index (κ3) is 2.18. The van der Waals surface area contributed by atoms with Gasteiger partial charge in [-0.25, -0.2) is 4.98 Å². The molecule has 1 unspecified atom stereocenters. The van der Waals surface area contributed by atoms with Gasteiger partial charge in [-0.05, 0) is 38.9 Å². The van der Waals surface area contributed by atoms with E-state index >= 15 is 0 Å². The molecule has 0 bridgehead atoms. The molecule has 1 aliphatic rings. The van der Waals surface area contributed by atoms with Gasteiger partial charge in [0.05, 0.1) is 24.3 Å². The number of nitrogens with zero attached hydrogens (tertiary/aromatic N) is 2. The van der Waals surface area contributed by atoms with Gasteiger partial charge < -0.3 is 9.67 Å². The minimum atomic E-state index is -0.458. The van der Waals surface area contributed by atoms with Crippen LogP contribution in [0.3, 0.4) is 0 Å². The van der Waals surface area contributed by atoms with Crippen LogP contribution in [0.25, 0.3) is 5.70 Å². The SMILES string of the molecule is CSC1=C(n2cncc2C(C)O)CCCC1. The van der Waals surface area contributed by atoms with Gasteiger partial charge in [-0.2, -0.15) is 0 Å². The Kier molecular flexibility index (Phi) is 3.71. The van der Waals surface area contributed by atoms with Gasteiger partial charge in [0.2, 0.25) is 0 Å². The first-order chi connectivity index (χ1) is 7.74. The standard InChI is InChI=1S/C12H18N2OS/c1-9(15)11-7-13-8-14(11)10-5-3-4-6-12(10)16-2/h7-9,15H,3-6H2,1-2H3. The van der Waals surface area contributed by atoms with Crippen LogP contribution in [0.5, 0.6) is 0 Å². The van der Waals surface area contributed by atoms with Gasteiger partial charge in [0, 0.05) is 10.6 Å². The molecular formula is C12H18N2OS. The predicted octanol–water partition coefficient (Wildman–Crippen LogP) is 3.04. The summed E-state index contributed by atoms with van der Waals surface area (Å²) in [6.45, 7) is 1.79. The first-order valence-corrected chi connectivity index (χ1v) is 6.93. The van der Waals surface area contributed by atoms with E-state index in [0.717, 1.165) is 18.5 Å². The number of aromatic nitrogens is 2. The van der Waals surface area contributed by atoms with Gasteiger partial charge in [-0.3, -0.25) is 0 Å². The van der Waals surface area contributed by atoms with Crippen molar-refractivity contribution in [3.63, 3.8) is 0 Å². The molecule has 0 radical (unpaired) electrons. The van der Waals surface area contributed by atoms with Gasteiger partial charge in [0.15, 0.2) is 0 Å². The van der Waals surface area contributed by atoms with Crippen molar-refractivity contribution in [3.05, 3.63) is 23.1 Å². The van der Waals surface area contributed by atoms with Gasteiger partial charge in [0.25, 0.3) is 0 Å². The monoisotopic (exact) mass is 238 g/mol. The summed E-state index contributed by atoms with van der Waals surface area (Å²) < 4.78 is 2.07. The Morgan fingerprint density at radius 1 is 1.44 bits per heavy atom. The molecule has 0 spiro atoms. The molecule has 0 saturated heterocycles. The molecule has 1 aromatic rings. The molecule has 1 aliphatic carbocycles. The summed E-state index contributed by atoms with van der Waals surface area (Å²) >= 11 is 1.82. The molecule has 88 valence electrons. The highest BCUT2D eigenvalue weighted by Gasteiger charge is 2.17. The van der Waals surface area contributed by atoms with Gasteiger partial charge in [-0.15, -0.1) is 11.8 Å². The van der Waals surface area contributed by atoms with Gasteiger partial charge >= 0.3 is 0 Å². The van der Waals surface area contributed by atoms with Crippen molar-refractivity contribution in [1.82, 2.24) is 9.55 Å². The van der Waals surface area contributed by atoms with Crippen LogP contribution in [0.1, 0.15) is 44.4 Å². The topological polar surface area (TPSA) is 38.0 Å². The maximum atomic E-state index is 9.69. The number of imidazole rings is 1. The van der Waals surface area contributed by atoms with Crippen molar-refractivity contribution < 1.29 is 5.11 Å². The van der Waals surface area contributed by atoms with E-state index in [0.29, 0.717) is 0 Å². The predicted molar refractivity (Wildman–Crippen MR) is 68.1 cm³/mol. The first kappa shape index (κ1) is 11.7. The molecule has 0 fully saturated rings. The average Bonchev–Trinajstić information content (AvgIpc) is 2.77. The molecule has 4 heteroatoms. The van der Waals surface area contributed by atoms with Crippen LogP contribution >= 0.6 is 11.8 Å². The lowest BCUT2D eigenvalue weighted by Crippen LogP contribution is -2.08. The number of thioether (sulfide) groups is 1. The number of allylic oxidation sites excluding steroid dienone is 2. The minimum Gasteiger partial charge on any atom is -0.387 e. The summed E-state index contributed by atoms with van der Waals surface area (Å²) in [6.07, 6.45) is 10.00. The number of aliphatic hydroxyl groups is 1. The first-order valence-electron chi connectivity index (χ1n) is 5.70. The number of rotatable bonds is 3. The normalized spacial score (nSPS) is 18.9. The maximum absolute atomic E-state index is 9.69. The van der Waals surface area contributed by atoms with Crippen molar-refractivity contribution in [2.75, 3.05) is 6.26 Å². The molecule has 16 heavy (non-hydrogen) atoms. The number of hydrogen-bond acceptors (Lipinski definition) is 3. The Bertz CT molecular complexity index is 395. The lowest BCUT2D eigenvalue weighted by atomic mass is 10.0. The van der Waals surface area contributed by atoms with E-state index in [-0.39, 0.29) is 0 Å². The fourth-order valence-electron chi connectivity index (χ4n) is 2.18. The van der Waals surface area contributed by atoms with E-state index in [2.05, 4.69) is 15.8 Å². The van der Waals surface area contributed by atoms with Crippen molar-refractivity contribution in [2.24, 2.45) is 0 Å². The summed E-state index contributed by atoms with van der Waals surface area (Å²) in [7, 11) is 0. The Morgan fingerprint density at radius 3 is 2.88 bits per heavy atom. The quantitative estimate of drug-likeness (QED) is 0.879. The summed E-state index contributed by atoms with van der Waals surface area (Å²) in [4.78, 5) is 5.58. The highest BCUT2D eigenvalue weighted by atomic mass is 32.2. The Balaban J connectivity index is 2.41. The molecule has 1 aromatic heterocycles. The third-order valence-corrected chi connectivity index (χ3v) is 3.95. The summed E-state index contributed by atoms with van der Waals surface area (Å²) in [6, 6.07) is 0. The highest BCUT2D eigenvalue weighted by molar-refractivity contribution is 8.02. The zero-order valence-electron chi connectivity index (χ0n) is 9.81. The van der Waals surface area contributed by atoms with Crippen molar-refractivity contribution >= 4 is 17.5 Å². The van der Waals surface area contributed by atoms with Crippen molar-refractivity contribution in [1.29, 1.82) is 0 Å². The molecule has 3 nitrogen and oxygen atoms in total. The zero-order valence-corrected chi connectivity index (χ0v) is 10.6. The van der Waals surface area contributed by atoms with Crippen LogP contribution < -0.4 is 0 Å². The lowest BCUT2D eigenvalue weighted by Gasteiger charge is -2.21. The van der Waals surface area contributed by atoms with Crippen LogP contribution in [0.15, 0.2) is 17.4 Å². The minimum absolute atomic E-state index is 0.458. The molecular weight excluding hydrogens is 220 g/mol. The zero-order chi connectivity index (χ0) is 11.5. The molecule has 2 rings (SSSR count). The van der Waals surface area contributed by atoms with Gasteiger partial charge in [0.1, 0.15) is 0 Å². The van der Waals surface area contributed by atoms with Crippen molar-refractivity contribution in [3.8, 4) is 0 Å². The summed E-state index contributed by atoms with van der Waals surface area (Å²) in [5.41, 5.74) is 2.22. The van der Waals surface area contributed by atoms with Gasteiger partial charge in [-0.1, -0.05) is 0 Å². The maximum Gasteiger partial charge on any atom is 0.0992 e. The van der Waals surface area contributed by atoms with E-state index < -0.39 is 6.10 Å². The van der Waals surface area contributed by atoms with Crippen LogP contribution in [0.4, 0.5) is 0 Å². The Morgan fingerprint density at radius 2 is 2.19 bits per heavy atom. The third-order valence-electron chi connectivity index (χ3n) is 3.02. The fraction of sp³-hybridized carbons (Fsp3) is 0.583.